The summed E-state index contributed by atoms with van der Waals surface area (Å²) in [7, 11) is 0. The fourth-order valence-electron chi connectivity index (χ4n) is 1.11. The summed E-state index contributed by atoms with van der Waals surface area (Å²) in [5.74, 6) is -0.349. The molecule has 0 aliphatic heterocycles. The van der Waals surface area contributed by atoms with Gasteiger partial charge in [0, 0.05) is 5.69 Å². The van der Waals surface area contributed by atoms with Crippen LogP contribution in [0.3, 0.4) is 0 Å². The number of carbonyl (C=O) groups is 1. The van der Waals surface area contributed by atoms with E-state index in [-0.39, 0.29) is 12.5 Å². The van der Waals surface area contributed by atoms with Crippen LogP contribution in [0.15, 0.2) is 24.3 Å². The van der Waals surface area contributed by atoms with Crippen LogP contribution in [0.2, 0.25) is 0 Å². The largest absolute Gasteiger partial charge is 0.462 e. The highest BCUT2D eigenvalue weighted by atomic mass is 16.5. The van der Waals surface area contributed by atoms with Gasteiger partial charge in [-0.3, -0.25) is 0 Å². The summed E-state index contributed by atoms with van der Waals surface area (Å²) in [6.07, 6.45) is 0. The molecule has 0 aliphatic carbocycles. The van der Waals surface area contributed by atoms with Crippen LogP contribution in [-0.4, -0.2) is 19.1 Å². The molecule has 1 aromatic carbocycles. The Balaban J connectivity index is 2.74. The Morgan fingerprint density at radius 1 is 1.60 bits per heavy atom. The smallest absolute Gasteiger partial charge is 0.338 e. The maximum atomic E-state index is 11.4. The van der Waals surface area contributed by atoms with Crippen LogP contribution >= 0.6 is 0 Å². The van der Waals surface area contributed by atoms with Gasteiger partial charge in [-0.1, -0.05) is 6.07 Å². The van der Waals surface area contributed by atoms with Gasteiger partial charge in [-0.05, 0) is 25.1 Å². The van der Waals surface area contributed by atoms with E-state index < -0.39 is 0 Å². The molecule has 0 heterocycles. The van der Waals surface area contributed by atoms with E-state index in [0.717, 1.165) is 5.69 Å². The zero-order valence-electron chi connectivity index (χ0n) is 8.49. The highest BCUT2D eigenvalue weighted by molar-refractivity contribution is 5.90. The lowest BCUT2D eigenvalue weighted by molar-refractivity contribution is 0.0526. The van der Waals surface area contributed by atoms with Crippen molar-refractivity contribution in [3.63, 3.8) is 0 Å². The monoisotopic (exact) mass is 204 g/mol. The molecule has 1 aromatic rings. The van der Waals surface area contributed by atoms with Crippen molar-refractivity contribution in [3.8, 4) is 6.07 Å². The van der Waals surface area contributed by atoms with E-state index in [9.17, 15) is 4.79 Å². The molecule has 0 radical (unpaired) electrons. The zero-order valence-corrected chi connectivity index (χ0v) is 8.49. The topological polar surface area (TPSA) is 62.1 Å². The molecule has 0 saturated carbocycles. The number of anilines is 1. The first-order valence-corrected chi connectivity index (χ1v) is 4.66. The third kappa shape index (κ3) is 3.31. The number of benzene rings is 1. The summed E-state index contributed by atoms with van der Waals surface area (Å²) in [6, 6.07) is 8.83. The molecule has 0 aromatic heterocycles. The first-order chi connectivity index (χ1) is 7.27. The van der Waals surface area contributed by atoms with Crippen molar-refractivity contribution in [3.05, 3.63) is 29.8 Å². The van der Waals surface area contributed by atoms with Crippen molar-refractivity contribution in [2.45, 2.75) is 6.92 Å². The van der Waals surface area contributed by atoms with Crippen molar-refractivity contribution in [1.82, 2.24) is 0 Å². The lowest BCUT2D eigenvalue weighted by atomic mass is 10.2. The van der Waals surface area contributed by atoms with Crippen LogP contribution in [0.25, 0.3) is 0 Å². The quantitative estimate of drug-likeness (QED) is 0.600. The molecule has 1 rings (SSSR count). The summed E-state index contributed by atoms with van der Waals surface area (Å²) < 4.78 is 4.86. The predicted molar refractivity (Wildman–Crippen MR) is 56.5 cm³/mol. The minimum atomic E-state index is -0.349. The van der Waals surface area contributed by atoms with Gasteiger partial charge in [0.25, 0.3) is 0 Å². The highest BCUT2D eigenvalue weighted by Crippen LogP contribution is 2.11. The molecule has 0 unspecified atom stereocenters. The lowest BCUT2D eigenvalue weighted by Crippen LogP contribution is -2.05. The van der Waals surface area contributed by atoms with Crippen molar-refractivity contribution in [2.75, 3.05) is 18.5 Å². The normalized spacial score (nSPS) is 9.07. The molecule has 0 saturated heterocycles. The van der Waals surface area contributed by atoms with E-state index in [0.29, 0.717) is 12.2 Å². The molecule has 0 atom stereocenters. The van der Waals surface area contributed by atoms with E-state index in [4.69, 9.17) is 10.00 Å². The Morgan fingerprint density at radius 2 is 2.40 bits per heavy atom. The average molecular weight is 204 g/mol. The van der Waals surface area contributed by atoms with Gasteiger partial charge < -0.3 is 10.1 Å². The molecular weight excluding hydrogens is 192 g/mol. The number of nitrogens with one attached hydrogen (secondary N) is 1. The molecule has 1 N–H and O–H groups in total. The number of rotatable bonds is 4. The third-order valence-corrected chi connectivity index (χ3v) is 1.75. The zero-order chi connectivity index (χ0) is 11.1. The Hall–Kier alpha value is -2.02. The van der Waals surface area contributed by atoms with Crippen molar-refractivity contribution >= 4 is 11.7 Å². The molecule has 0 spiro atoms. The van der Waals surface area contributed by atoms with Crippen molar-refractivity contribution < 1.29 is 9.53 Å². The van der Waals surface area contributed by atoms with Crippen LogP contribution in [0.5, 0.6) is 0 Å². The van der Waals surface area contributed by atoms with Crippen LogP contribution in [0, 0.1) is 11.3 Å². The van der Waals surface area contributed by atoms with Gasteiger partial charge in [-0.25, -0.2) is 4.79 Å². The number of ether oxygens (including phenoxy) is 1. The molecule has 78 valence electrons. The number of nitriles is 1. The molecule has 4 heteroatoms. The Kier molecular flexibility index (Phi) is 4.17. The number of hydrogen-bond donors (Lipinski definition) is 1. The van der Waals surface area contributed by atoms with E-state index in [1.165, 1.54) is 0 Å². The van der Waals surface area contributed by atoms with Crippen LogP contribution in [0.1, 0.15) is 17.3 Å². The van der Waals surface area contributed by atoms with Gasteiger partial charge in [0.05, 0.1) is 18.2 Å². The van der Waals surface area contributed by atoms with E-state index in [2.05, 4.69) is 5.32 Å². The fourth-order valence-corrected chi connectivity index (χ4v) is 1.11. The van der Waals surface area contributed by atoms with Gasteiger partial charge >= 0.3 is 5.97 Å². The summed E-state index contributed by atoms with van der Waals surface area (Å²) in [5, 5.41) is 11.2. The average Bonchev–Trinajstić information content (AvgIpc) is 2.27. The van der Waals surface area contributed by atoms with Gasteiger partial charge in [0.15, 0.2) is 0 Å². The van der Waals surface area contributed by atoms with E-state index >= 15 is 0 Å². The second-order valence-electron chi connectivity index (χ2n) is 2.81. The van der Waals surface area contributed by atoms with Crippen LogP contribution in [-0.2, 0) is 4.74 Å². The number of esters is 1. The standard InChI is InChI=1S/C11H12N2O2/c1-2-15-11(14)9-4-3-5-10(8-9)13-7-6-12/h3-5,8,13H,2,7H2,1H3. The Bertz CT molecular complexity index is 382. The molecule has 0 bridgehead atoms. The third-order valence-electron chi connectivity index (χ3n) is 1.75. The van der Waals surface area contributed by atoms with E-state index in [1.807, 2.05) is 6.07 Å². The first kappa shape index (κ1) is 11.1. The van der Waals surface area contributed by atoms with Crippen molar-refractivity contribution in [2.24, 2.45) is 0 Å². The van der Waals surface area contributed by atoms with E-state index in [1.54, 1.807) is 31.2 Å². The molecular formula is C11H12N2O2. The number of carbonyl (C=O) groups excluding carboxylic acids is 1. The molecule has 0 fully saturated rings. The first-order valence-electron chi connectivity index (χ1n) is 4.66. The predicted octanol–water partition coefficient (Wildman–Crippen LogP) is 1.80. The minimum Gasteiger partial charge on any atom is -0.462 e. The van der Waals surface area contributed by atoms with Crippen LogP contribution in [0.4, 0.5) is 5.69 Å². The summed E-state index contributed by atoms with van der Waals surface area (Å²) in [5.41, 5.74) is 1.22. The maximum Gasteiger partial charge on any atom is 0.338 e. The second kappa shape index (κ2) is 5.66. The van der Waals surface area contributed by atoms with Gasteiger partial charge in [-0.2, -0.15) is 5.26 Å². The molecule has 15 heavy (non-hydrogen) atoms. The minimum absolute atomic E-state index is 0.215. The SMILES string of the molecule is CCOC(=O)c1cccc(NCC#N)c1. The van der Waals surface area contributed by atoms with Gasteiger partial charge in [-0.15, -0.1) is 0 Å². The summed E-state index contributed by atoms with van der Waals surface area (Å²) >= 11 is 0. The Labute approximate surface area is 88.5 Å². The number of nitrogens with zero attached hydrogens (tertiary/aromatic N) is 1. The second-order valence-corrected chi connectivity index (χ2v) is 2.81. The fraction of sp³-hybridized carbons (Fsp3) is 0.273. The Morgan fingerprint density at radius 3 is 3.07 bits per heavy atom. The van der Waals surface area contributed by atoms with Crippen LogP contribution < -0.4 is 5.32 Å². The summed E-state index contributed by atoms with van der Waals surface area (Å²) in [6.45, 7) is 2.33. The highest BCUT2D eigenvalue weighted by Gasteiger charge is 2.05. The van der Waals surface area contributed by atoms with Crippen molar-refractivity contribution in [1.29, 1.82) is 5.26 Å². The molecule has 4 nitrogen and oxygen atoms in total. The van der Waals surface area contributed by atoms with Gasteiger partial charge in [0.1, 0.15) is 6.54 Å². The lowest BCUT2D eigenvalue weighted by Gasteiger charge is -2.04. The van der Waals surface area contributed by atoms with Gasteiger partial charge in [0.2, 0.25) is 0 Å². The maximum absolute atomic E-state index is 11.4. The molecule has 0 amide bonds. The molecule has 0 aliphatic rings. The number of hydrogen-bond acceptors (Lipinski definition) is 4. The summed E-state index contributed by atoms with van der Waals surface area (Å²) in [4.78, 5) is 11.4.